The molecule has 0 radical (unpaired) electrons. The number of barbiturate groups is 1. The van der Waals surface area contributed by atoms with Gasteiger partial charge in [-0.05, 0) is 67.1 Å². The second kappa shape index (κ2) is 8.79. The summed E-state index contributed by atoms with van der Waals surface area (Å²) in [5.41, 5.74) is 1.98. The summed E-state index contributed by atoms with van der Waals surface area (Å²) < 4.78 is 0. The molecule has 1 aliphatic heterocycles. The van der Waals surface area contributed by atoms with E-state index in [-0.39, 0.29) is 5.57 Å². The molecule has 31 heavy (non-hydrogen) atoms. The van der Waals surface area contributed by atoms with Crippen LogP contribution in [0.3, 0.4) is 0 Å². The van der Waals surface area contributed by atoms with Crippen LogP contribution in [0.4, 0.5) is 10.5 Å². The van der Waals surface area contributed by atoms with Crippen molar-refractivity contribution in [2.24, 2.45) is 0 Å². The molecule has 3 aromatic carbocycles. The molecule has 0 bridgehead atoms. The molecule has 5 nitrogen and oxygen atoms in total. The normalized spacial score (nSPS) is 15.4. The van der Waals surface area contributed by atoms with Gasteiger partial charge in [0.05, 0.1) is 5.69 Å². The number of halogens is 1. The highest BCUT2D eigenvalue weighted by molar-refractivity contribution is 7.99. The fourth-order valence-electron chi connectivity index (χ4n) is 3.02. The summed E-state index contributed by atoms with van der Waals surface area (Å²) in [7, 11) is 0. The van der Waals surface area contributed by atoms with Gasteiger partial charge in [0.15, 0.2) is 0 Å². The van der Waals surface area contributed by atoms with Gasteiger partial charge in [0.2, 0.25) is 0 Å². The summed E-state index contributed by atoms with van der Waals surface area (Å²) in [6.07, 6.45) is 1.49. The lowest BCUT2D eigenvalue weighted by Crippen LogP contribution is -2.54. The van der Waals surface area contributed by atoms with Crippen molar-refractivity contribution < 1.29 is 14.4 Å². The van der Waals surface area contributed by atoms with Crippen LogP contribution >= 0.6 is 23.4 Å². The molecule has 1 fully saturated rings. The van der Waals surface area contributed by atoms with Crippen molar-refractivity contribution in [2.45, 2.75) is 16.7 Å². The molecule has 7 heteroatoms. The third-order valence-corrected chi connectivity index (χ3v) is 5.90. The largest absolute Gasteiger partial charge is 0.335 e. The highest BCUT2D eigenvalue weighted by Crippen LogP contribution is 2.29. The lowest BCUT2D eigenvalue weighted by molar-refractivity contribution is -0.122. The molecular weight excluding hydrogens is 432 g/mol. The van der Waals surface area contributed by atoms with Crippen molar-refractivity contribution in [2.75, 3.05) is 4.90 Å². The number of nitrogens with one attached hydrogen (secondary N) is 1. The van der Waals surface area contributed by atoms with Gasteiger partial charge in [-0.1, -0.05) is 53.2 Å². The summed E-state index contributed by atoms with van der Waals surface area (Å²) in [5.74, 6) is -1.37. The van der Waals surface area contributed by atoms with Crippen LogP contribution in [0.25, 0.3) is 6.08 Å². The Morgan fingerprint density at radius 2 is 1.42 bits per heavy atom. The smallest absolute Gasteiger partial charge is 0.273 e. The third kappa shape index (κ3) is 4.71. The number of urea groups is 1. The number of carbonyl (C=O) groups is 3. The van der Waals surface area contributed by atoms with Gasteiger partial charge < -0.3 is 0 Å². The molecule has 1 aliphatic rings. The summed E-state index contributed by atoms with van der Waals surface area (Å²) >= 11 is 7.49. The lowest BCUT2D eigenvalue weighted by atomic mass is 10.1. The van der Waals surface area contributed by atoms with Gasteiger partial charge in [0, 0.05) is 14.8 Å². The Kier molecular flexibility index (Phi) is 5.93. The molecule has 154 valence electrons. The van der Waals surface area contributed by atoms with E-state index in [4.69, 9.17) is 11.6 Å². The minimum Gasteiger partial charge on any atom is -0.273 e. The first kappa shape index (κ1) is 20.9. The Bertz CT molecular complexity index is 1190. The molecule has 0 aromatic heterocycles. The number of anilines is 1. The number of hydrogen-bond acceptors (Lipinski definition) is 4. The van der Waals surface area contributed by atoms with E-state index in [0.29, 0.717) is 16.3 Å². The number of imide groups is 2. The van der Waals surface area contributed by atoms with Crippen molar-refractivity contribution in [3.05, 3.63) is 94.5 Å². The molecule has 1 saturated heterocycles. The molecular formula is C24H17ClN2O3S. The lowest BCUT2D eigenvalue weighted by Gasteiger charge is -2.26. The van der Waals surface area contributed by atoms with Crippen LogP contribution in [0.5, 0.6) is 0 Å². The molecule has 3 aromatic rings. The Labute approximate surface area is 188 Å². The maximum Gasteiger partial charge on any atom is 0.335 e. The summed E-state index contributed by atoms with van der Waals surface area (Å²) in [4.78, 5) is 40.5. The topological polar surface area (TPSA) is 66.5 Å². The predicted molar refractivity (Wildman–Crippen MR) is 122 cm³/mol. The van der Waals surface area contributed by atoms with Crippen LogP contribution in [0.2, 0.25) is 5.02 Å². The first-order chi connectivity index (χ1) is 14.9. The van der Waals surface area contributed by atoms with Gasteiger partial charge in [0.25, 0.3) is 11.8 Å². The Hall–Kier alpha value is -3.35. The molecule has 1 heterocycles. The van der Waals surface area contributed by atoms with E-state index in [1.165, 1.54) is 6.08 Å². The molecule has 0 spiro atoms. The minimum atomic E-state index is -0.759. The van der Waals surface area contributed by atoms with Crippen LogP contribution in [-0.2, 0) is 9.59 Å². The summed E-state index contributed by atoms with van der Waals surface area (Å²) in [5, 5.41) is 2.92. The molecule has 0 saturated carbocycles. The summed E-state index contributed by atoms with van der Waals surface area (Å²) in [6, 6.07) is 21.1. The number of rotatable bonds is 4. The van der Waals surface area contributed by atoms with Crippen molar-refractivity contribution in [3.63, 3.8) is 0 Å². The van der Waals surface area contributed by atoms with Gasteiger partial charge in [-0.15, -0.1) is 0 Å². The Morgan fingerprint density at radius 1 is 0.839 bits per heavy atom. The number of aryl methyl sites for hydroxylation is 1. The zero-order valence-corrected chi connectivity index (χ0v) is 18.0. The average molecular weight is 449 g/mol. The number of benzene rings is 3. The van der Waals surface area contributed by atoms with Crippen molar-refractivity contribution in [3.8, 4) is 0 Å². The standard InChI is InChI=1S/C24H17ClN2O3S/c1-15-2-8-18(9-3-15)27-23(29)21(22(28)26-24(27)30)14-16-4-10-19(11-5-16)31-20-12-6-17(25)7-13-20/h2-14H,1H3,(H,26,28,30)/b21-14+. The van der Waals surface area contributed by atoms with Crippen LogP contribution < -0.4 is 10.2 Å². The number of hydrogen-bond donors (Lipinski definition) is 1. The first-order valence-corrected chi connectivity index (χ1v) is 10.6. The van der Waals surface area contributed by atoms with Gasteiger partial charge in [-0.3, -0.25) is 14.9 Å². The molecule has 0 unspecified atom stereocenters. The maximum absolute atomic E-state index is 12.9. The number of carbonyl (C=O) groups excluding carboxylic acids is 3. The van der Waals surface area contributed by atoms with Crippen LogP contribution in [-0.4, -0.2) is 17.8 Å². The van der Waals surface area contributed by atoms with Crippen molar-refractivity contribution >= 4 is 53.0 Å². The maximum atomic E-state index is 12.9. The van der Waals surface area contributed by atoms with Crippen LogP contribution in [0.1, 0.15) is 11.1 Å². The van der Waals surface area contributed by atoms with Gasteiger partial charge in [-0.25, -0.2) is 9.69 Å². The Balaban J connectivity index is 1.57. The molecule has 4 amide bonds. The van der Waals surface area contributed by atoms with Crippen LogP contribution in [0.15, 0.2) is 88.2 Å². The quantitative estimate of drug-likeness (QED) is 0.424. The molecule has 4 rings (SSSR count). The monoisotopic (exact) mass is 448 g/mol. The second-order valence-corrected chi connectivity index (χ2v) is 8.50. The summed E-state index contributed by atoms with van der Waals surface area (Å²) in [6.45, 7) is 1.91. The zero-order valence-electron chi connectivity index (χ0n) is 16.5. The minimum absolute atomic E-state index is 0.0988. The van der Waals surface area contributed by atoms with E-state index in [1.54, 1.807) is 36.0 Å². The van der Waals surface area contributed by atoms with E-state index < -0.39 is 17.8 Å². The predicted octanol–water partition coefficient (Wildman–Crippen LogP) is 5.47. The molecule has 0 aliphatic carbocycles. The number of amides is 4. The van der Waals surface area contributed by atoms with E-state index in [1.807, 2.05) is 55.5 Å². The highest BCUT2D eigenvalue weighted by Gasteiger charge is 2.36. The Morgan fingerprint density at radius 3 is 2.03 bits per heavy atom. The SMILES string of the molecule is Cc1ccc(N2C(=O)NC(=O)/C(=C\c3ccc(Sc4ccc(Cl)cc4)cc3)C2=O)cc1. The fourth-order valence-corrected chi connectivity index (χ4v) is 3.97. The first-order valence-electron chi connectivity index (χ1n) is 9.42. The van der Waals surface area contributed by atoms with E-state index in [2.05, 4.69) is 5.32 Å². The molecule has 0 atom stereocenters. The van der Waals surface area contributed by atoms with E-state index in [9.17, 15) is 14.4 Å². The van der Waals surface area contributed by atoms with Gasteiger partial charge in [0.1, 0.15) is 5.57 Å². The van der Waals surface area contributed by atoms with Crippen molar-refractivity contribution in [1.82, 2.24) is 5.32 Å². The van der Waals surface area contributed by atoms with Gasteiger partial charge in [-0.2, -0.15) is 0 Å². The number of nitrogens with zero attached hydrogens (tertiary/aromatic N) is 1. The van der Waals surface area contributed by atoms with E-state index in [0.717, 1.165) is 20.3 Å². The fraction of sp³-hybridized carbons (Fsp3) is 0.0417. The highest BCUT2D eigenvalue weighted by atomic mass is 35.5. The zero-order chi connectivity index (χ0) is 22.0. The van der Waals surface area contributed by atoms with Crippen molar-refractivity contribution in [1.29, 1.82) is 0 Å². The second-order valence-electron chi connectivity index (χ2n) is 6.92. The average Bonchev–Trinajstić information content (AvgIpc) is 2.75. The molecule has 1 N–H and O–H groups in total. The third-order valence-electron chi connectivity index (χ3n) is 4.63. The van der Waals surface area contributed by atoms with Crippen LogP contribution in [0, 0.1) is 6.92 Å². The van der Waals surface area contributed by atoms with E-state index >= 15 is 0 Å². The van der Waals surface area contributed by atoms with Gasteiger partial charge >= 0.3 is 6.03 Å².